The second-order valence-electron chi connectivity index (χ2n) is 4.69. The van der Waals surface area contributed by atoms with Crippen LogP contribution in [0.15, 0.2) is 0 Å². The zero-order chi connectivity index (χ0) is 13.0. The topological polar surface area (TPSA) is 60.9 Å². The minimum atomic E-state index is -0.872. The molecule has 0 radical (unpaired) electrons. The van der Waals surface area contributed by atoms with Crippen molar-refractivity contribution in [2.24, 2.45) is 5.92 Å². The van der Waals surface area contributed by atoms with Crippen LogP contribution >= 0.6 is 11.8 Å². The fourth-order valence-corrected chi connectivity index (χ4v) is 2.78. The van der Waals surface area contributed by atoms with Gasteiger partial charge in [0.1, 0.15) is 0 Å². The molecule has 1 rings (SSSR count). The number of rotatable bonds is 5. The van der Waals surface area contributed by atoms with Gasteiger partial charge < -0.3 is 14.9 Å². The van der Waals surface area contributed by atoms with Crippen LogP contribution in [-0.4, -0.2) is 71.5 Å². The fourth-order valence-electron chi connectivity index (χ4n) is 2.14. The first-order chi connectivity index (χ1) is 7.91. The molecule has 1 N–H and O–H groups in total. The van der Waals surface area contributed by atoms with E-state index in [1.54, 1.807) is 0 Å². The van der Waals surface area contributed by atoms with E-state index in [1.165, 1.54) is 0 Å². The summed E-state index contributed by atoms with van der Waals surface area (Å²) in [6, 6.07) is 0.406. The Labute approximate surface area is 106 Å². The predicted molar refractivity (Wildman–Crippen MR) is 68.2 cm³/mol. The normalized spacial score (nSPS) is 24.4. The van der Waals surface area contributed by atoms with Crippen molar-refractivity contribution in [3.05, 3.63) is 0 Å². The van der Waals surface area contributed by atoms with Gasteiger partial charge in [0.25, 0.3) is 0 Å². The third-order valence-corrected chi connectivity index (χ3v) is 3.94. The molecule has 1 fully saturated rings. The summed E-state index contributed by atoms with van der Waals surface area (Å²) in [6.45, 7) is 3.66. The van der Waals surface area contributed by atoms with Gasteiger partial charge in [-0.25, -0.2) is 0 Å². The molecule has 5 nitrogen and oxygen atoms in total. The first-order valence-corrected chi connectivity index (χ1v) is 6.81. The summed E-state index contributed by atoms with van der Waals surface area (Å²) in [5, 5.41) is 8.50. The molecule has 98 valence electrons. The number of hydrogen-bond donors (Lipinski definition) is 1. The lowest BCUT2D eigenvalue weighted by Gasteiger charge is -2.22. The number of carboxylic acid groups (broad SMARTS) is 1. The number of carbonyl (C=O) groups is 2. The third-order valence-electron chi connectivity index (χ3n) is 3.04. The number of likely N-dealkylation sites (tertiary alicyclic amines) is 1. The maximum atomic E-state index is 11.8. The molecule has 1 aliphatic heterocycles. The Morgan fingerprint density at radius 2 is 2.00 bits per heavy atom. The lowest BCUT2D eigenvalue weighted by molar-refractivity contribution is -0.133. The smallest absolute Gasteiger partial charge is 0.313 e. The van der Waals surface area contributed by atoms with Crippen molar-refractivity contribution in [3.63, 3.8) is 0 Å². The molecule has 2 unspecified atom stereocenters. The summed E-state index contributed by atoms with van der Waals surface area (Å²) >= 11 is 1.16. The van der Waals surface area contributed by atoms with Crippen molar-refractivity contribution in [2.45, 2.75) is 13.0 Å². The molecule has 0 spiro atoms. The lowest BCUT2D eigenvalue weighted by Crippen LogP contribution is -2.36. The SMILES string of the molecule is CC1CN(C(=O)CSCC(=O)O)CC1N(C)C. The number of aliphatic carboxylic acids is 1. The van der Waals surface area contributed by atoms with Crippen LogP contribution < -0.4 is 0 Å². The summed E-state index contributed by atoms with van der Waals surface area (Å²) in [5.41, 5.74) is 0. The Morgan fingerprint density at radius 3 is 2.47 bits per heavy atom. The lowest BCUT2D eigenvalue weighted by atomic mass is 10.1. The summed E-state index contributed by atoms with van der Waals surface area (Å²) < 4.78 is 0. The highest BCUT2D eigenvalue weighted by Crippen LogP contribution is 2.20. The molecule has 1 saturated heterocycles. The zero-order valence-electron chi connectivity index (χ0n) is 10.5. The molecule has 0 aliphatic carbocycles. The summed E-state index contributed by atoms with van der Waals surface area (Å²) in [4.78, 5) is 26.2. The van der Waals surface area contributed by atoms with Crippen LogP contribution in [0, 0.1) is 5.92 Å². The van der Waals surface area contributed by atoms with E-state index in [0.29, 0.717) is 12.0 Å². The van der Waals surface area contributed by atoms with Crippen LogP contribution in [0.25, 0.3) is 0 Å². The molecule has 1 heterocycles. The molecule has 17 heavy (non-hydrogen) atoms. The van der Waals surface area contributed by atoms with Crippen molar-refractivity contribution < 1.29 is 14.7 Å². The van der Waals surface area contributed by atoms with Gasteiger partial charge in [-0.2, -0.15) is 0 Å². The molecule has 1 aliphatic rings. The van der Waals surface area contributed by atoms with E-state index in [4.69, 9.17) is 5.11 Å². The van der Waals surface area contributed by atoms with E-state index in [-0.39, 0.29) is 17.4 Å². The molecular formula is C11H20N2O3S. The summed E-state index contributed by atoms with van der Waals surface area (Å²) in [7, 11) is 4.04. The van der Waals surface area contributed by atoms with Crippen LogP contribution in [0.4, 0.5) is 0 Å². The van der Waals surface area contributed by atoms with Crippen molar-refractivity contribution in [1.82, 2.24) is 9.80 Å². The van der Waals surface area contributed by atoms with E-state index in [2.05, 4.69) is 11.8 Å². The third kappa shape index (κ3) is 4.20. The van der Waals surface area contributed by atoms with E-state index >= 15 is 0 Å². The molecule has 0 bridgehead atoms. The summed E-state index contributed by atoms with van der Waals surface area (Å²) in [6.07, 6.45) is 0. The molecule has 0 aromatic carbocycles. The Morgan fingerprint density at radius 1 is 1.35 bits per heavy atom. The van der Waals surface area contributed by atoms with Crippen LogP contribution in [-0.2, 0) is 9.59 Å². The van der Waals surface area contributed by atoms with Crippen LogP contribution in [0.2, 0.25) is 0 Å². The van der Waals surface area contributed by atoms with Gasteiger partial charge in [-0.05, 0) is 20.0 Å². The van der Waals surface area contributed by atoms with E-state index < -0.39 is 5.97 Å². The van der Waals surface area contributed by atoms with Gasteiger partial charge in [0.05, 0.1) is 11.5 Å². The van der Waals surface area contributed by atoms with Crippen molar-refractivity contribution in [2.75, 3.05) is 38.7 Å². The molecule has 0 aromatic heterocycles. The molecule has 0 aromatic rings. The minimum absolute atomic E-state index is 0.00770. The van der Waals surface area contributed by atoms with Gasteiger partial charge in [-0.1, -0.05) is 6.92 Å². The van der Waals surface area contributed by atoms with Gasteiger partial charge in [0.2, 0.25) is 5.91 Å². The number of carbonyl (C=O) groups excluding carboxylic acids is 1. The van der Waals surface area contributed by atoms with Gasteiger partial charge in [-0.3, -0.25) is 9.59 Å². The van der Waals surface area contributed by atoms with Gasteiger partial charge >= 0.3 is 5.97 Å². The number of hydrogen-bond acceptors (Lipinski definition) is 4. The van der Waals surface area contributed by atoms with E-state index in [0.717, 1.165) is 24.9 Å². The monoisotopic (exact) mass is 260 g/mol. The summed E-state index contributed by atoms with van der Waals surface area (Å²) in [5.74, 6) is -0.0968. The Balaban J connectivity index is 2.37. The predicted octanol–water partition coefficient (Wildman–Crippen LogP) is 0.213. The molecule has 6 heteroatoms. The highest BCUT2D eigenvalue weighted by Gasteiger charge is 2.33. The Kier molecular flexibility index (Phi) is 5.27. The van der Waals surface area contributed by atoms with Gasteiger partial charge in [0, 0.05) is 19.1 Å². The number of nitrogens with zero attached hydrogens (tertiary/aromatic N) is 2. The van der Waals surface area contributed by atoms with Crippen LogP contribution in [0.3, 0.4) is 0 Å². The zero-order valence-corrected chi connectivity index (χ0v) is 11.4. The van der Waals surface area contributed by atoms with Gasteiger partial charge in [0.15, 0.2) is 0 Å². The van der Waals surface area contributed by atoms with Crippen molar-refractivity contribution in [1.29, 1.82) is 0 Å². The maximum absolute atomic E-state index is 11.8. The van der Waals surface area contributed by atoms with Crippen molar-refractivity contribution in [3.8, 4) is 0 Å². The maximum Gasteiger partial charge on any atom is 0.313 e. The van der Waals surface area contributed by atoms with Crippen LogP contribution in [0.1, 0.15) is 6.92 Å². The number of likely N-dealkylation sites (N-methyl/N-ethyl adjacent to an activating group) is 1. The average molecular weight is 260 g/mol. The Hall–Kier alpha value is -0.750. The fraction of sp³-hybridized carbons (Fsp3) is 0.818. The standard InChI is InChI=1S/C11H20N2O3S/c1-8-4-13(5-9(8)12(2)3)10(14)6-17-7-11(15)16/h8-9H,4-7H2,1-3H3,(H,15,16). The van der Waals surface area contributed by atoms with Crippen molar-refractivity contribution >= 4 is 23.6 Å². The average Bonchev–Trinajstić information content (AvgIpc) is 2.59. The Bertz CT molecular complexity index is 296. The van der Waals surface area contributed by atoms with Crippen LogP contribution in [0.5, 0.6) is 0 Å². The number of carboxylic acids is 1. The largest absolute Gasteiger partial charge is 0.481 e. The number of amides is 1. The molecule has 0 saturated carbocycles. The van der Waals surface area contributed by atoms with Gasteiger partial charge in [-0.15, -0.1) is 11.8 Å². The first kappa shape index (κ1) is 14.3. The minimum Gasteiger partial charge on any atom is -0.481 e. The highest BCUT2D eigenvalue weighted by molar-refractivity contribution is 8.00. The second-order valence-corrected chi connectivity index (χ2v) is 5.68. The quantitative estimate of drug-likeness (QED) is 0.766. The van der Waals surface area contributed by atoms with E-state index in [9.17, 15) is 9.59 Å². The second kappa shape index (κ2) is 6.26. The first-order valence-electron chi connectivity index (χ1n) is 5.65. The van der Waals surface area contributed by atoms with E-state index in [1.807, 2.05) is 19.0 Å². The molecule has 2 atom stereocenters. The highest BCUT2D eigenvalue weighted by atomic mass is 32.2. The molecular weight excluding hydrogens is 240 g/mol. The number of thioether (sulfide) groups is 1. The molecule has 1 amide bonds.